The van der Waals surface area contributed by atoms with Gasteiger partial charge in [0.1, 0.15) is 0 Å². The molecule has 0 N–H and O–H groups in total. The summed E-state index contributed by atoms with van der Waals surface area (Å²) in [5.41, 5.74) is 2.44. The molecule has 0 radical (unpaired) electrons. The van der Waals surface area contributed by atoms with Crippen LogP contribution in [0.5, 0.6) is 0 Å². The molecule has 0 bridgehead atoms. The molecule has 1 aromatic carbocycles. The number of benzene rings is 1. The Hall–Kier alpha value is -1.31. The highest BCUT2D eigenvalue weighted by atomic mass is 16.5. The van der Waals surface area contributed by atoms with Crippen molar-refractivity contribution >= 4 is 12.1 Å². The zero-order valence-electron chi connectivity index (χ0n) is 9.95. The molecule has 0 fully saturated rings. The molecule has 0 unspecified atom stereocenters. The van der Waals surface area contributed by atoms with Gasteiger partial charge < -0.3 is 4.74 Å². The molecule has 0 aromatic heterocycles. The molecular weight excluding hydrogens is 186 g/mol. The van der Waals surface area contributed by atoms with Crippen LogP contribution < -0.4 is 0 Å². The number of aliphatic imine (C=N–C) groups is 1. The third-order valence-corrected chi connectivity index (χ3v) is 2.18. The molecular formula is C13H19NO. The van der Waals surface area contributed by atoms with Crippen LogP contribution in [0.25, 0.3) is 0 Å². The second-order valence-electron chi connectivity index (χ2n) is 4.49. The van der Waals surface area contributed by atoms with Gasteiger partial charge in [0, 0.05) is 0 Å². The maximum absolute atomic E-state index is 5.04. The number of hydrogen-bond donors (Lipinski definition) is 0. The van der Waals surface area contributed by atoms with Gasteiger partial charge >= 0.3 is 0 Å². The van der Waals surface area contributed by atoms with Crippen LogP contribution in [0.1, 0.15) is 33.3 Å². The summed E-state index contributed by atoms with van der Waals surface area (Å²) in [6.45, 7) is 9.20. The van der Waals surface area contributed by atoms with Crippen LogP contribution in [0, 0.1) is 0 Å². The first-order valence-corrected chi connectivity index (χ1v) is 5.28. The van der Waals surface area contributed by atoms with Gasteiger partial charge in [0.2, 0.25) is 0 Å². The number of hydrogen-bond acceptors (Lipinski definition) is 2. The van der Waals surface area contributed by atoms with Crippen molar-refractivity contribution in [1.29, 1.82) is 0 Å². The van der Waals surface area contributed by atoms with Gasteiger partial charge in [0.25, 0.3) is 0 Å². The van der Waals surface area contributed by atoms with Crippen molar-refractivity contribution in [3.05, 3.63) is 29.8 Å². The molecule has 15 heavy (non-hydrogen) atoms. The third-order valence-electron chi connectivity index (χ3n) is 2.18. The highest BCUT2D eigenvalue weighted by Crippen LogP contribution is 2.24. The average molecular weight is 205 g/mol. The van der Waals surface area contributed by atoms with Crippen LogP contribution in [0.3, 0.4) is 0 Å². The van der Waals surface area contributed by atoms with E-state index in [4.69, 9.17) is 4.74 Å². The SMILES string of the molecule is CCOC=Nc1ccc(C(C)(C)C)cc1. The summed E-state index contributed by atoms with van der Waals surface area (Å²) in [6.07, 6.45) is 1.49. The van der Waals surface area contributed by atoms with E-state index < -0.39 is 0 Å². The van der Waals surface area contributed by atoms with E-state index in [-0.39, 0.29) is 5.41 Å². The largest absolute Gasteiger partial charge is 0.483 e. The first-order chi connectivity index (χ1) is 7.04. The summed E-state index contributed by atoms with van der Waals surface area (Å²) in [5.74, 6) is 0. The Balaban J connectivity index is 2.73. The fraction of sp³-hybridized carbons (Fsp3) is 0.462. The Labute approximate surface area is 92.0 Å². The van der Waals surface area contributed by atoms with E-state index in [1.165, 1.54) is 12.0 Å². The van der Waals surface area contributed by atoms with E-state index in [1.807, 2.05) is 19.1 Å². The van der Waals surface area contributed by atoms with Gasteiger partial charge in [-0.05, 0) is 30.0 Å². The van der Waals surface area contributed by atoms with Crippen LogP contribution in [0.2, 0.25) is 0 Å². The topological polar surface area (TPSA) is 21.6 Å². The smallest absolute Gasteiger partial charge is 0.174 e. The van der Waals surface area contributed by atoms with Gasteiger partial charge in [-0.1, -0.05) is 32.9 Å². The Bertz CT molecular complexity index is 319. The number of rotatable bonds is 3. The molecule has 0 amide bonds. The van der Waals surface area contributed by atoms with E-state index in [2.05, 4.69) is 37.9 Å². The maximum Gasteiger partial charge on any atom is 0.174 e. The zero-order chi connectivity index (χ0) is 11.3. The second kappa shape index (κ2) is 4.96. The summed E-state index contributed by atoms with van der Waals surface area (Å²) in [5, 5.41) is 0. The van der Waals surface area contributed by atoms with Gasteiger partial charge in [-0.3, -0.25) is 0 Å². The van der Waals surface area contributed by atoms with E-state index >= 15 is 0 Å². The summed E-state index contributed by atoms with van der Waals surface area (Å²) in [7, 11) is 0. The molecule has 0 atom stereocenters. The van der Waals surface area contributed by atoms with Crippen molar-refractivity contribution in [3.8, 4) is 0 Å². The van der Waals surface area contributed by atoms with Crippen molar-refractivity contribution in [2.24, 2.45) is 4.99 Å². The van der Waals surface area contributed by atoms with Crippen molar-refractivity contribution in [2.75, 3.05) is 6.61 Å². The monoisotopic (exact) mass is 205 g/mol. The van der Waals surface area contributed by atoms with Crippen LogP contribution in [0.4, 0.5) is 5.69 Å². The first-order valence-electron chi connectivity index (χ1n) is 5.28. The minimum atomic E-state index is 0.197. The molecule has 2 nitrogen and oxygen atoms in total. The molecule has 1 aromatic rings. The number of nitrogens with zero attached hydrogens (tertiary/aromatic N) is 1. The normalized spacial score (nSPS) is 12.0. The predicted molar refractivity (Wildman–Crippen MR) is 64.9 cm³/mol. The zero-order valence-corrected chi connectivity index (χ0v) is 9.95. The fourth-order valence-corrected chi connectivity index (χ4v) is 1.22. The lowest BCUT2D eigenvalue weighted by Crippen LogP contribution is -2.10. The van der Waals surface area contributed by atoms with E-state index in [9.17, 15) is 0 Å². The van der Waals surface area contributed by atoms with Crippen LogP contribution in [0.15, 0.2) is 29.3 Å². The second-order valence-corrected chi connectivity index (χ2v) is 4.49. The van der Waals surface area contributed by atoms with Gasteiger partial charge in [0.15, 0.2) is 6.40 Å². The van der Waals surface area contributed by atoms with Crippen molar-refractivity contribution in [3.63, 3.8) is 0 Å². The molecule has 1 rings (SSSR count). The molecule has 0 saturated carbocycles. The van der Waals surface area contributed by atoms with Crippen LogP contribution in [-0.4, -0.2) is 13.0 Å². The predicted octanol–water partition coefficient (Wildman–Crippen LogP) is 3.68. The summed E-state index contributed by atoms with van der Waals surface area (Å²) >= 11 is 0. The van der Waals surface area contributed by atoms with Crippen LogP contribution in [-0.2, 0) is 10.2 Å². The summed E-state index contributed by atoms with van der Waals surface area (Å²) < 4.78 is 5.04. The van der Waals surface area contributed by atoms with Gasteiger partial charge in [-0.2, -0.15) is 0 Å². The minimum Gasteiger partial charge on any atom is -0.483 e. The molecule has 0 heterocycles. The van der Waals surface area contributed by atoms with E-state index in [0.717, 1.165) is 5.69 Å². The van der Waals surface area contributed by atoms with Crippen molar-refractivity contribution in [1.82, 2.24) is 0 Å². The quantitative estimate of drug-likeness (QED) is 0.545. The van der Waals surface area contributed by atoms with Crippen molar-refractivity contribution < 1.29 is 4.74 Å². The van der Waals surface area contributed by atoms with Crippen LogP contribution >= 0.6 is 0 Å². The highest BCUT2D eigenvalue weighted by molar-refractivity contribution is 5.55. The Kier molecular flexibility index (Phi) is 3.89. The van der Waals surface area contributed by atoms with E-state index in [0.29, 0.717) is 6.61 Å². The fourth-order valence-electron chi connectivity index (χ4n) is 1.22. The van der Waals surface area contributed by atoms with Gasteiger partial charge in [0.05, 0.1) is 12.3 Å². The van der Waals surface area contributed by atoms with Gasteiger partial charge in [-0.15, -0.1) is 0 Å². The summed E-state index contributed by atoms with van der Waals surface area (Å²) in [6, 6.07) is 8.24. The molecule has 0 spiro atoms. The van der Waals surface area contributed by atoms with Gasteiger partial charge in [-0.25, -0.2) is 4.99 Å². The molecule has 2 heteroatoms. The minimum absolute atomic E-state index is 0.197. The lowest BCUT2D eigenvalue weighted by atomic mass is 9.87. The summed E-state index contributed by atoms with van der Waals surface area (Å²) in [4.78, 5) is 4.17. The molecule has 0 aliphatic rings. The molecule has 0 saturated heterocycles. The average Bonchev–Trinajstić information content (AvgIpc) is 2.18. The maximum atomic E-state index is 5.04. The lowest BCUT2D eigenvalue weighted by molar-refractivity contribution is 0.344. The van der Waals surface area contributed by atoms with Crippen molar-refractivity contribution in [2.45, 2.75) is 33.1 Å². The Morgan fingerprint density at radius 3 is 2.27 bits per heavy atom. The Morgan fingerprint density at radius 1 is 1.20 bits per heavy atom. The molecule has 82 valence electrons. The standard InChI is InChI=1S/C13H19NO/c1-5-15-10-14-12-8-6-11(7-9-12)13(2,3)4/h6-10H,5H2,1-4H3. The third kappa shape index (κ3) is 3.74. The Morgan fingerprint density at radius 2 is 1.80 bits per heavy atom. The highest BCUT2D eigenvalue weighted by Gasteiger charge is 2.12. The molecule has 0 aliphatic heterocycles. The lowest BCUT2D eigenvalue weighted by Gasteiger charge is -2.18. The first kappa shape index (κ1) is 11.8. The van der Waals surface area contributed by atoms with E-state index in [1.54, 1.807) is 0 Å². The molecule has 0 aliphatic carbocycles. The number of ether oxygens (including phenoxy) is 1.